The number of nitrogens with two attached hydrogens (primary N) is 1. The third kappa shape index (κ3) is 2.41. The average molecular weight is 434 g/mol. The van der Waals surface area contributed by atoms with Crippen LogP contribution < -0.4 is 26.1 Å². The summed E-state index contributed by atoms with van der Waals surface area (Å²) in [5, 5.41) is 3.17. The molecule has 0 bridgehead atoms. The van der Waals surface area contributed by atoms with Gasteiger partial charge in [0.25, 0.3) is 0 Å². The summed E-state index contributed by atoms with van der Waals surface area (Å²) in [6.07, 6.45) is 0. The summed E-state index contributed by atoms with van der Waals surface area (Å²) in [5.74, 6) is -1.40. The van der Waals surface area contributed by atoms with E-state index in [-0.39, 0.29) is 35.0 Å². The number of nitrogens with one attached hydrogen (secondary N) is 1. The Labute approximate surface area is 181 Å². The maximum atomic E-state index is 13.6. The van der Waals surface area contributed by atoms with E-state index in [0.29, 0.717) is 22.4 Å². The molecule has 0 fully saturated rings. The summed E-state index contributed by atoms with van der Waals surface area (Å²) >= 11 is 0. The molecule has 1 amide bonds. The van der Waals surface area contributed by atoms with Crippen LogP contribution in [0.2, 0.25) is 0 Å². The lowest BCUT2D eigenvalue weighted by Crippen LogP contribution is -2.48. The lowest BCUT2D eigenvalue weighted by Gasteiger charge is -2.34. The zero-order valence-electron chi connectivity index (χ0n) is 17.2. The van der Waals surface area contributed by atoms with Crippen LogP contribution in [0.3, 0.4) is 0 Å². The van der Waals surface area contributed by atoms with E-state index < -0.39 is 22.9 Å². The van der Waals surface area contributed by atoms with Gasteiger partial charge in [-0.1, -0.05) is 12.1 Å². The van der Waals surface area contributed by atoms with Crippen LogP contribution in [0.5, 0.6) is 11.5 Å². The number of anilines is 1. The number of carbonyl (C=O) groups is 2. The van der Waals surface area contributed by atoms with Gasteiger partial charge in [-0.3, -0.25) is 4.79 Å². The highest BCUT2D eigenvalue weighted by molar-refractivity contribution is 6.18. The van der Waals surface area contributed by atoms with Gasteiger partial charge in [0.1, 0.15) is 27.9 Å². The van der Waals surface area contributed by atoms with Crippen molar-refractivity contribution in [3.05, 3.63) is 75.5 Å². The van der Waals surface area contributed by atoms with Gasteiger partial charge in [-0.15, -0.1) is 0 Å². The highest BCUT2D eigenvalue weighted by Gasteiger charge is 2.61. The number of fused-ring (bicyclic) bond motifs is 6. The number of amides is 1. The molecule has 5 rings (SSSR count). The summed E-state index contributed by atoms with van der Waals surface area (Å²) in [4.78, 5) is 40.0. The van der Waals surface area contributed by atoms with Gasteiger partial charge in [-0.2, -0.15) is 0 Å². The maximum absolute atomic E-state index is 13.6. The van der Waals surface area contributed by atoms with Crippen molar-refractivity contribution in [1.29, 1.82) is 0 Å². The van der Waals surface area contributed by atoms with Gasteiger partial charge in [0.15, 0.2) is 5.75 Å². The number of hydrogen-bond donors (Lipinski definition) is 2. The van der Waals surface area contributed by atoms with E-state index in [1.807, 2.05) is 0 Å². The number of rotatable bonds is 3. The van der Waals surface area contributed by atoms with E-state index in [0.717, 1.165) is 0 Å². The zero-order valence-corrected chi connectivity index (χ0v) is 17.2. The normalized spacial score (nSPS) is 18.8. The first-order valence-corrected chi connectivity index (χ1v) is 9.85. The first-order valence-electron chi connectivity index (χ1n) is 9.85. The second-order valence-corrected chi connectivity index (χ2v) is 7.27. The molecule has 9 heteroatoms. The number of ether oxygens (including phenoxy) is 3. The van der Waals surface area contributed by atoms with Crippen LogP contribution in [-0.2, 0) is 19.7 Å². The van der Waals surface area contributed by atoms with Crippen molar-refractivity contribution in [3.63, 3.8) is 0 Å². The quantitative estimate of drug-likeness (QED) is 0.474. The van der Waals surface area contributed by atoms with Crippen LogP contribution in [0.25, 0.3) is 11.0 Å². The van der Waals surface area contributed by atoms with Crippen molar-refractivity contribution in [2.45, 2.75) is 12.3 Å². The summed E-state index contributed by atoms with van der Waals surface area (Å²) in [5.41, 5.74) is 3.95. The Balaban J connectivity index is 1.97. The van der Waals surface area contributed by atoms with Crippen LogP contribution >= 0.6 is 0 Å². The van der Waals surface area contributed by atoms with E-state index in [2.05, 4.69) is 5.32 Å². The summed E-state index contributed by atoms with van der Waals surface area (Å²) in [7, 11) is 1.47. The van der Waals surface area contributed by atoms with Crippen LogP contribution in [0, 0.1) is 0 Å². The van der Waals surface area contributed by atoms with Crippen molar-refractivity contribution in [2.75, 3.05) is 19.0 Å². The maximum Gasteiger partial charge on any atom is 0.345 e. The van der Waals surface area contributed by atoms with E-state index in [9.17, 15) is 14.4 Å². The van der Waals surface area contributed by atoms with E-state index in [1.165, 1.54) is 7.11 Å². The number of esters is 1. The molecule has 2 aromatic carbocycles. The zero-order chi connectivity index (χ0) is 22.6. The summed E-state index contributed by atoms with van der Waals surface area (Å²) in [6, 6.07) is 11.5. The lowest BCUT2D eigenvalue weighted by atomic mass is 9.68. The van der Waals surface area contributed by atoms with Gasteiger partial charge in [0, 0.05) is 11.3 Å². The Morgan fingerprint density at radius 3 is 2.72 bits per heavy atom. The number of benzene rings is 2. The fourth-order valence-corrected chi connectivity index (χ4v) is 4.38. The highest BCUT2D eigenvalue weighted by atomic mass is 16.5. The van der Waals surface area contributed by atoms with Gasteiger partial charge in [-0.05, 0) is 37.3 Å². The molecule has 1 spiro atoms. The van der Waals surface area contributed by atoms with Crippen LogP contribution in [-0.4, -0.2) is 25.6 Å². The van der Waals surface area contributed by atoms with Gasteiger partial charge in [0.05, 0.1) is 19.1 Å². The first-order chi connectivity index (χ1) is 15.4. The smallest absolute Gasteiger partial charge is 0.345 e. The van der Waals surface area contributed by atoms with Crippen molar-refractivity contribution in [2.24, 2.45) is 5.73 Å². The fourth-order valence-electron chi connectivity index (χ4n) is 4.38. The third-order valence-corrected chi connectivity index (χ3v) is 5.67. The molecule has 0 saturated carbocycles. The largest absolute Gasteiger partial charge is 0.497 e. The summed E-state index contributed by atoms with van der Waals surface area (Å²) < 4.78 is 21.9. The molecule has 2 aliphatic heterocycles. The van der Waals surface area contributed by atoms with E-state index in [4.69, 9.17) is 24.4 Å². The van der Waals surface area contributed by atoms with Crippen LogP contribution in [0.15, 0.2) is 63.1 Å². The number of carbonyl (C=O) groups excluding carboxylic acids is 2. The molecule has 1 atom stereocenters. The van der Waals surface area contributed by atoms with Crippen molar-refractivity contribution < 1.29 is 28.2 Å². The molecule has 3 N–H and O–H groups in total. The molecule has 0 aliphatic carbocycles. The molecule has 0 unspecified atom stereocenters. The Kier molecular flexibility index (Phi) is 4.23. The van der Waals surface area contributed by atoms with Crippen LogP contribution in [0.4, 0.5) is 5.69 Å². The number of para-hydroxylation sites is 1. The lowest BCUT2D eigenvalue weighted by molar-refractivity contribution is -0.140. The number of methoxy groups -OCH3 is 1. The Morgan fingerprint density at radius 1 is 1.19 bits per heavy atom. The second kappa shape index (κ2) is 6.88. The summed E-state index contributed by atoms with van der Waals surface area (Å²) in [6.45, 7) is 1.64. The van der Waals surface area contributed by atoms with E-state index >= 15 is 0 Å². The molecule has 0 radical (unpaired) electrons. The average Bonchev–Trinajstić information content (AvgIpc) is 3.05. The fraction of sp³-hybridized carbons (Fsp3) is 0.174. The minimum absolute atomic E-state index is 0.0253. The van der Waals surface area contributed by atoms with Crippen molar-refractivity contribution >= 4 is 28.5 Å². The molecule has 3 heterocycles. The van der Waals surface area contributed by atoms with Gasteiger partial charge < -0.3 is 29.7 Å². The molecule has 2 aliphatic rings. The molecule has 3 aromatic rings. The Morgan fingerprint density at radius 2 is 1.97 bits per heavy atom. The van der Waals surface area contributed by atoms with Crippen molar-refractivity contribution in [1.82, 2.24) is 0 Å². The molecule has 0 saturated heterocycles. The first kappa shape index (κ1) is 19.7. The van der Waals surface area contributed by atoms with Gasteiger partial charge in [-0.25, -0.2) is 9.59 Å². The molecule has 9 nitrogen and oxygen atoms in total. The molecular formula is C23H18N2O7. The Bertz CT molecular complexity index is 1410. The monoisotopic (exact) mass is 434 g/mol. The molecule has 32 heavy (non-hydrogen) atoms. The van der Waals surface area contributed by atoms with E-state index in [1.54, 1.807) is 49.4 Å². The second-order valence-electron chi connectivity index (χ2n) is 7.27. The SMILES string of the molecule is CCOC(=O)C1=C(N)Oc2c(c(=O)oc3ccccc23)[C@]12C(=O)Nc1ccc(OC)cc12. The predicted molar refractivity (Wildman–Crippen MR) is 113 cm³/mol. The topological polar surface area (TPSA) is 130 Å². The number of hydrogen-bond acceptors (Lipinski definition) is 8. The molecule has 162 valence electrons. The molecule has 1 aromatic heterocycles. The van der Waals surface area contributed by atoms with Crippen molar-refractivity contribution in [3.8, 4) is 11.5 Å². The molecular weight excluding hydrogens is 416 g/mol. The minimum Gasteiger partial charge on any atom is -0.497 e. The minimum atomic E-state index is -1.95. The third-order valence-electron chi connectivity index (χ3n) is 5.67. The van der Waals surface area contributed by atoms with Crippen LogP contribution in [0.1, 0.15) is 18.1 Å². The van der Waals surface area contributed by atoms with Gasteiger partial charge >= 0.3 is 11.6 Å². The standard InChI is InChI=1S/C23H18N2O7/c1-3-30-20(26)17-19(24)32-18-12-6-4-5-7-15(12)31-21(27)16(18)23(17)13-10-11(29-2)8-9-14(13)25-22(23)28/h4-10H,3,24H2,1-2H3,(H,25,28)/t23-/m0/s1. The Hall–Kier alpha value is -4.27. The van der Waals surface area contributed by atoms with Gasteiger partial charge in [0.2, 0.25) is 11.8 Å². The highest BCUT2D eigenvalue weighted by Crippen LogP contribution is 2.54. The predicted octanol–water partition coefficient (Wildman–Crippen LogP) is 2.17.